The van der Waals surface area contributed by atoms with E-state index in [1.165, 1.54) is 35.5 Å². The molecule has 1 aliphatic rings. The molecule has 1 saturated carbocycles. The first kappa shape index (κ1) is 25.2. The van der Waals surface area contributed by atoms with Crippen LogP contribution in [0.15, 0.2) is 59.3 Å². The van der Waals surface area contributed by atoms with E-state index in [1.807, 2.05) is 16.8 Å². The average Bonchev–Trinajstić information content (AvgIpc) is 3.36. The summed E-state index contributed by atoms with van der Waals surface area (Å²) in [7, 11) is 1.50. The van der Waals surface area contributed by atoms with E-state index in [0.29, 0.717) is 22.0 Å². The van der Waals surface area contributed by atoms with Crippen LogP contribution < -0.4 is 15.0 Å². The number of nitrogens with zero attached hydrogens (tertiary/aromatic N) is 1. The fourth-order valence-electron chi connectivity index (χ4n) is 4.51. The number of anilines is 1. The molecule has 1 atom stereocenters. The summed E-state index contributed by atoms with van der Waals surface area (Å²) in [5.74, 6) is -0.622. The Morgan fingerprint density at radius 3 is 2.54 bits per heavy atom. The molecular formula is C27H28ClFN2O3S. The summed E-state index contributed by atoms with van der Waals surface area (Å²) < 4.78 is 19.4. The first-order chi connectivity index (χ1) is 17.0. The lowest BCUT2D eigenvalue weighted by atomic mass is 9.94. The Labute approximate surface area is 213 Å². The minimum Gasteiger partial charge on any atom is -0.495 e. The van der Waals surface area contributed by atoms with Gasteiger partial charge in [0.15, 0.2) is 0 Å². The standard InChI is InChI=1S/C27H28ClFN2O3S/c1-34-24-12-9-20(28)16-23(24)31(25(32)15-18-13-14-35-17-18)26(19-7-10-21(29)11-8-19)27(33)30-22-5-3-2-4-6-22/h7-14,16-17,22,26H,2-6,15H2,1H3,(H,30,33)/t26-/m0/s1. The van der Waals surface area contributed by atoms with E-state index < -0.39 is 11.9 Å². The molecule has 1 heterocycles. The molecule has 0 radical (unpaired) electrons. The van der Waals surface area contributed by atoms with Crippen molar-refractivity contribution in [3.63, 3.8) is 0 Å². The molecule has 1 fully saturated rings. The van der Waals surface area contributed by atoms with Crippen molar-refractivity contribution in [1.82, 2.24) is 5.32 Å². The van der Waals surface area contributed by atoms with Crippen LogP contribution in [-0.4, -0.2) is 25.0 Å². The van der Waals surface area contributed by atoms with E-state index in [2.05, 4.69) is 5.32 Å². The molecule has 184 valence electrons. The highest BCUT2D eigenvalue weighted by Gasteiger charge is 2.35. The average molecular weight is 515 g/mol. The largest absolute Gasteiger partial charge is 0.495 e. The van der Waals surface area contributed by atoms with Crippen LogP contribution in [0.2, 0.25) is 5.02 Å². The SMILES string of the molecule is COc1ccc(Cl)cc1N(C(=O)Cc1ccsc1)[C@H](C(=O)NC1CCCCC1)c1ccc(F)cc1. The minimum absolute atomic E-state index is 0.0364. The topological polar surface area (TPSA) is 58.6 Å². The van der Waals surface area contributed by atoms with Gasteiger partial charge in [0.05, 0.1) is 19.2 Å². The van der Waals surface area contributed by atoms with Crippen LogP contribution in [0.1, 0.15) is 49.3 Å². The molecule has 1 aliphatic carbocycles. The van der Waals surface area contributed by atoms with Crippen LogP contribution in [0.25, 0.3) is 0 Å². The van der Waals surface area contributed by atoms with E-state index in [-0.39, 0.29) is 24.3 Å². The molecule has 2 amide bonds. The Hall–Kier alpha value is -2.90. The van der Waals surface area contributed by atoms with Crippen LogP contribution in [0.4, 0.5) is 10.1 Å². The van der Waals surface area contributed by atoms with Gasteiger partial charge in [0.2, 0.25) is 11.8 Å². The number of rotatable bonds is 8. The van der Waals surface area contributed by atoms with Gasteiger partial charge < -0.3 is 10.1 Å². The van der Waals surface area contributed by atoms with Crippen LogP contribution >= 0.6 is 22.9 Å². The maximum Gasteiger partial charge on any atom is 0.248 e. The monoisotopic (exact) mass is 514 g/mol. The van der Waals surface area contributed by atoms with Crippen LogP contribution in [0, 0.1) is 5.82 Å². The highest BCUT2D eigenvalue weighted by molar-refractivity contribution is 7.08. The van der Waals surface area contributed by atoms with Gasteiger partial charge in [0.1, 0.15) is 17.6 Å². The van der Waals surface area contributed by atoms with Gasteiger partial charge in [-0.1, -0.05) is 43.0 Å². The minimum atomic E-state index is -1.03. The summed E-state index contributed by atoms with van der Waals surface area (Å²) >= 11 is 7.83. The fraction of sp³-hybridized carbons (Fsp3) is 0.333. The van der Waals surface area contributed by atoms with Crippen LogP contribution in [-0.2, 0) is 16.0 Å². The number of hydrogen-bond acceptors (Lipinski definition) is 4. The number of carbonyl (C=O) groups excluding carboxylic acids is 2. The highest BCUT2D eigenvalue weighted by Crippen LogP contribution is 2.38. The van der Waals surface area contributed by atoms with Gasteiger partial charge in [0.25, 0.3) is 0 Å². The molecule has 2 aromatic carbocycles. The number of halogens is 2. The van der Waals surface area contributed by atoms with Crippen LogP contribution in [0.3, 0.4) is 0 Å². The van der Waals surface area contributed by atoms with Crippen molar-refractivity contribution in [2.75, 3.05) is 12.0 Å². The van der Waals surface area contributed by atoms with Crippen LogP contribution in [0.5, 0.6) is 5.75 Å². The zero-order valence-electron chi connectivity index (χ0n) is 19.5. The van der Waals surface area contributed by atoms with Crippen molar-refractivity contribution >= 4 is 40.4 Å². The number of methoxy groups -OCH3 is 1. The second kappa shape index (κ2) is 11.7. The molecule has 0 aliphatic heterocycles. The summed E-state index contributed by atoms with van der Waals surface area (Å²) in [6.07, 6.45) is 5.13. The summed E-state index contributed by atoms with van der Waals surface area (Å²) in [5, 5.41) is 7.36. The number of thiophene rings is 1. The van der Waals surface area contributed by atoms with Gasteiger partial charge in [-0.3, -0.25) is 14.5 Å². The Bertz CT molecular complexity index is 1150. The molecule has 1 aromatic heterocycles. The molecule has 0 bridgehead atoms. The molecule has 4 rings (SSSR count). The van der Waals surface area contributed by atoms with Crippen molar-refractivity contribution < 1.29 is 18.7 Å². The smallest absolute Gasteiger partial charge is 0.248 e. The maximum atomic E-state index is 13.8. The molecular weight excluding hydrogens is 487 g/mol. The number of hydrogen-bond donors (Lipinski definition) is 1. The van der Waals surface area contributed by atoms with Crippen molar-refractivity contribution in [3.05, 3.63) is 81.3 Å². The maximum absolute atomic E-state index is 13.8. The molecule has 0 unspecified atom stereocenters. The molecule has 0 saturated heterocycles. The number of ether oxygens (including phenoxy) is 1. The second-order valence-electron chi connectivity index (χ2n) is 8.69. The normalized spacial score (nSPS) is 14.8. The predicted octanol–water partition coefficient (Wildman–Crippen LogP) is 6.32. The lowest BCUT2D eigenvalue weighted by Gasteiger charge is -2.34. The Morgan fingerprint density at radius 2 is 1.89 bits per heavy atom. The molecule has 35 heavy (non-hydrogen) atoms. The summed E-state index contributed by atoms with van der Waals surface area (Å²) in [6.45, 7) is 0. The van der Waals surface area contributed by atoms with E-state index in [0.717, 1.165) is 37.7 Å². The zero-order valence-corrected chi connectivity index (χ0v) is 21.1. The molecule has 8 heteroatoms. The van der Waals surface area contributed by atoms with Gasteiger partial charge in [0, 0.05) is 11.1 Å². The fourth-order valence-corrected chi connectivity index (χ4v) is 5.35. The first-order valence-electron chi connectivity index (χ1n) is 11.7. The summed E-state index contributed by atoms with van der Waals surface area (Å²) in [5.41, 5.74) is 1.73. The van der Waals surface area contributed by atoms with E-state index in [9.17, 15) is 14.0 Å². The third-order valence-corrected chi connectivity index (χ3v) is 7.22. The van der Waals surface area contributed by atoms with Gasteiger partial charge in [-0.25, -0.2) is 4.39 Å². The van der Waals surface area contributed by atoms with Crippen molar-refractivity contribution in [2.45, 2.75) is 50.6 Å². The van der Waals surface area contributed by atoms with E-state index >= 15 is 0 Å². The first-order valence-corrected chi connectivity index (χ1v) is 13.0. The number of amides is 2. The van der Waals surface area contributed by atoms with Gasteiger partial charge in [-0.05, 0) is 71.1 Å². The lowest BCUT2D eigenvalue weighted by Crippen LogP contribution is -2.47. The molecule has 1 N–H and O–H groups in total. The number of carbonyl (C=O) groups is 2. The summed E-state index contributed by atoms with van der Waals surface area (Å²) in [4.78, 5) is 29.1. The number of nitrogens with one attached hydrogen (secondary N) is 1. The van der Waals surface area contributed by atoms with Crippen molar-refractivity contribution in [1.29, 1.82) is 0 Å². The third kappa shape index (κ3) is 6.21. The molecule has 5 nitrogen and oxygen atoms in total. The van der Waals surface area contributed by atoms with Gasteiger partial charge in [-0.2, -0.15) is 11.3 Å². The Morgan fingerprint density at radius 1 is 1.14 bits per heavy atom. The van der Waals surface area contributed by atoms with Crippen molar-refractivity contribution in [3.8, 4) is 5.75 Å². The van der Waals surface area contributed by atoms with E-state index in [1.54, 1.807) is 30.3 Å². The van der Waals surface area contributed by atoms with Gasteiger partial charge in [-0.15, -0.1) is 0 Å². The summed E-state index contributed by atoms with van der Waals surface area (Å²) in [6, 6.07) is 11.5. The zero-order chi connectivity index (χ0) is 24.8. The molecule has 3 aromatic rings. The van der Waals surface area contributed by atoms with Gasteiger partial charge >= 0.3 is 0 Å². The number of benzene rings is 2. The quantitative estimate of drug-likeness (QED) is 0.383. The Kier molecular flexibility index (Phi) is 8.42. The lowest BCUT2D eigenvalue weighted by molar-refractivity contribution is -0.127. The second-order valence-corrected chi connectivity index (χ2v) is 9.90. The predicted molar refractivity (Wildman–Crippen MR) is 138 cm³/mol. The third-order valence-electron chi connectivity index (χ3n) is 6.25. The van der Waals surface area contributed by atoms with E-state index in [4.69, 9.17) is 16.3 Å². The Balaban J connectivity index is 1.80. The highest BCUT2D eigenvalue weighted by atomic mass is 35.5. The molecule has 0 spiro atoms. The van der Waals surface area contributed by atoms with Crippen molar-refractivity contribution in [2.24, 2.45) is 0 Å².